The van der Waals surface area contributed by atoms with Crippen LogP contribution < -0.4 is 10.7 Å². The van der Waals surface area contributed by atoms with Crippen molar-refractivity contribution in [1.82, 2.24) is 0 Å². The van der Waals surface area contributed by atoms with Gasteiger partial charge < -0.3 is 5.32 Å². The molecule has 0 heterocycles. The van der Waals surface area contributed by atoms with Crippen LogP contribution in [0, 0.1) is 0 Å². The van der Waals surface area contributed by atoms with Gasteiger partial charge in [-0.25, -0.2) is 0 Å². The fraction of sp³-hybridized carbons (Fsp3) is 0.174. The van der Waals surface area contributed by atoms with Crippen LogP contribution in [0.2, 0.25) is 0 Å². The molecule has 0 aliphatic heterocycles. The standard InChI is InChI=1S/C23H24N2/c1-18(20-12-6-3-7-13-20)24-22-16-10-5-11-17-23(22)25-19(2)21-14-8-4-9-15-21/h3-19H,1-2H3,(H,24,25)/t18-,19-/m1/s1. The Bertz CT molecular complexity index is 857. The summed E-state index contributed by atoms with van der Waals surface area (Å²) in [5, 5.41) is 4.59. The summed E-state index contributed by atoms with van der Waals surface area (Å²) >= 11 is 0. The highest BCUT2D eigenvalue weighted by Gasteiger charge is 2.07. The lowest BCUT2D eigenvalue weighted by atomic mass is 10.1. The fourth-order valence-electron chi connectivity index (χ4n) is 2.85. The summed E-state index contributed by atoms with van der Waals surface area (Å²) in [6, 6.07) is 31.5. The predicted octanol–water partition coefficient (Wildman–Crippen LogP) is 5.52. The van der Waals surface area contributed by atoms with Gasteiger partial charge in [-0.3, -0.25) is 4.99 Å². The molecule has 0 aliphatic carbocycles. The molecule has 0 spiro atoms. The second-order valence-electron chi connectivity index (χ2n) is 6.20. The molecule has 25 heavy (non-hydrogen) atoms. The van der Waals surface area contributed by atoms with Gasteiger partial charge in [0.15, 0.2) is 0 Å². The van der Waals surface area contributed by atoms with Crippen molar-refractivity contribution in [3.63, 3.8) is 0 Å². The SMILES string of the molecule is C[C@@H](/N=c1/cccccc1N[C@H](C)c1ccccc1)c1ccccc1. The minimum atomic E-state index is 0.108. The summed E-state index contributed by atoms with van der Waals surface area (Å²) in [5.41, 5.74) is 3.52. The first-order chi connectivity index (χ1) is 12.2. The van der Waals surface area contributed by atoms with Crippen molar-refractivity contribution in [2.24, 2.45) is 4.99 Å². The highest BCUT2D eigenvalue weighted by atomic mass is 14.9. The molecule has 1 N–H and O–H groups in total. The molecule has 3 rings (SSSR count). The molecule has 3 aromatic rings. The van der Waals surface area contributed by atoms with Gasteiger partial charge in [0.05, 0.1) is 17.1 Å². The summed E-state index contributed by atoms with van der Waals surface area (Å²) in [4.78, 5) is 4.95. The highest BCUT2D eigenvalue weighted by Crippen LogP contribution is 2.18. The lowest BCUT2D eigenvalue weighted by Crippen LogP contribution is -2.14. The van der Waals surface area contributed by atoms with E-state index >= 15 is 0 Å². The van der Waals surface area contributed by atoms with Gasteiger partial charge >= 0.3 is 0 Å². The molecule has 0 fully saturated rings. The predicted molar refractivity (Wildman–Crippen MR) is 105 cm³/mol. The van der Waals surface area contributed by atoms with Crippen LogP contribution in [-0.2, 0) is 0 Å². The molecule has 0 aliphatic rings. The minimum Gasteiger partial charge on any atom is -0.377 e. The molecular formula is C23H24N2. The third-order valence-electron chi connectivity index (χ3n) is 4.30. The number of hydrogen-bond acceptors (Lipinski definition) is 2. The molecule has 0 radical (unpaired) electrons. The maximum atomic E-state index is 4.95. The molecule has 2 nitrogen and oxygen atoms in total. The van der Waals surface area contributed by atoms with E-state index in [4.69, 9.17) is 4.99 Å². The van der Waals surface area contributed by atoms with E-state index < -0.39 is 0 Å². The zero-order chi connectivity index (χ0) is 17.5. The van der Waals surface area contributed by atoms with Crippen LogP contribution in [0.1, 0.15) is 37.1 Å². The van der Waals surface area contributed by atoms with E-state index in [1.165, 1.54) is 11.1 Å². The molecule has 2 atom stereocenters. The molecule has 0 bridgehead atoms. The topological polar surface area (TPSA) is 24.4 Å². The second kappa shape index (κ2) is 8.29. The average Bonchev–Trinajstić information content (AvgIpc) is 2.88. The maximum absolute atomic E-state index is 4.95. The first-order valence-corrected chi connectivity index (χ1v) is 8.73. The van der Waals surface area contributed by atoms with Gasteiger partial charge in [0.2, 0.25) is 0 Å². The summed E-state index contributed by atoms with van der Waals surface area (Å²) in [7, 11) is 0. The second-order valence-corrected chi connectivity index (χ2v) is 6.20. The van der Waals surface area contributed by atoms with E-state index in [1.807, 2.05) is 30.3 Å². The first-order valence-electron chi connectivity index (χ1n) is 8.73. The van der Waals surface area contributed by atoms with E-state index in [2.05, 4.69) is 79.8 Å². The molecule has 2 heteroatoms. The minimum absolute atomic E-state index is 0.108. The van der Waals surface area contributed by atoms with Gasteiger partial charge in [-0.15, -0.1) is 0 Å². The Morgan fingerprint density at radius 1 is 0.640 bits per heavy atom. The van der Waals surface area contributed by atoms with E-state index in [0.29, 0.717) is 0 Å². The smallest absolute Gasteiger partial charge is 0.0813 e. The van der Waals surface area contributed by atoms with Crippen molar-refractivity contribution in [1.29, 1.82) is 0 Å². The molecule has 0 unspecified atom stereocenters. The van der Waals surface area contributed by atoms with Crippen molar-refractivity contribution in [3.05, 3.63) is 107 Å². The normalized spacial score (nSPS) is 13.9. The van der Waals surface area contributed by atoms with Crippen molar-refractivity contribution in [3.8, 4) is 0 Å². The molecule has 0 saturated heterocycles. The van der Waals surface area contributed by atoms with Crippen LogP contribution in [-0.4, -0.2) is 0 Å². The van der Waals surface area contributed by atoms with Crippen LogP contribution in [0.3, 0.4) is 0 Å². The zero-order valence-corrected chi connectivity index (χ0v) is 14.8. The van der Waals surface area contributed by atoms with E-state index in [1.54, 1.807) is 0 Å². The zero-order valence-electron chi connectivity index (χ0n) is 14.8. The molecule has 0 amide bonds. The summed E-state index contributed by atoms with van der Waals surface area (Å²) in [6.45, 7) is 4.31. The van der Waals surface area contributed by atoms with Crippen LogP contribution in [0.5, 0.6) is 0 Å². The van der Waals surface area contributed by atoms with Gasteiger partial charge in [0.1, 0.15) is 0 Å². The first kappa shape index (κ1) is 17.0. The Morgan fingerprint density at radius 2 is 1.16 bits per heavy atom. The van der Waals surface area contributed by atoms with Gasteiger partial charge in [0.25, 0.3) is 0 Å². The Hall–Kier alpha value is -2.87. The molecule has 3 aromatic carbocycles. The summed E-state index contributed by atoms with van der Waals surface area (Å²) in [6.07, 6.45) is 0. The lowest BCUT2D eigenvalue weighted by molar-refractivity contribution is 0.788. The van der Waals surface area contributed by atoms with E-state index in [0.717, 1.165) is 11.0 Å². The number of benzene rings is 2. The van der Waals surface area contributed by atoms with Crippen molar-refractivity contribution in [2.45, 2.75) is 25.9 Å². The van der Waals surface area contributed by atoms with Gasteiger partial charge in [0, 0.05) is 6.04 Å². The fourth-order valence-corrected chi connectivity index (χ4v) is 2.85. The molecule has 0 saturated carbocycles. The van der Waals surface area contributed by atoms with E-state index in [9.17, 15) is 0 Å². The Morgan fingerprint density at radius 3 is 1.80 bits per heavy atom. The lowest BCUT2D eigenvalue weighted by Gasteiger charge is -2.15. The Labute approximate surface area is 149 Å². The third kappa shape index (κ3) is 4.57. The van der Waals surface area contributed by atoms with Gasteiger partial charge in [-0.2, -0.15) is 0 Å². The number of rotatable bonds is 5. The van der Waals surface area contributed by atoms with Crippen LogP contribution in [0.4, 0.5) is 5.69 Å². The number of anilines is 1. The van der Waals surface area contributed by atoms with Crippen LogP contribution >= 0.6 is 0 Å². The number of hydrogen-bond donors (Lipinski definition) is 1. The van der Waals surface area contributed by atoms with E-state index in [-0.39, 0.29) is 12.1 Å². The monoisotopic (exact) mass is 328 g/mol. The van der Waals surface area contributed by atoms with Crippen molar-refractivity contribution < 1.29 is 0 Å². The molecule has 0 aromatic heterocycles. The Kier molecular flexibility index (Phi) is 5.63. The molecular weight excluding hydrogens is 304 g/mol. The Balaban J connectivity index is 1.93. The van der Waals surface area contributed by atoms with Crippen molar-refractivity contribution in [2.75, 3.05) is 5.32 Å². The maximum Gasteiger partial charge on any atom is 0.0813 e. The van der Waals surface area contributed by atoms with Crippen LogP contribution in [0.25, 0.3) is 0 Å². The average molecular weight is 328 g/mol. The molecule has 126 valence electrons. The van der Waals surface area contributed by atoms with Gasteiger partial charge in [-0.1, -0.05) is 78.9 Å². The summed E-state index contributed by atoms with van der Waals surface area (Å²) in [5.74, 6) is 0. The highest BCUT2D eigenvalue weighted by molar-refractivity contribution is 5.44. The quantitative estimate of drug-likeness (QED) is 0.655. The largest absolute Gasteiger partial charge is 0.377 e. The van der Waals surface area contributed by atoms with Crippen LogP contribution in [0.15, 0.2) is 96.0 Å². The number of nitrogens with zero attached hydrogens (tertiary/aromatic N) is 1. The third-order valence-corrected chi connectivity index (χ3v) is 4.30. The summed E-state index contributed by atoms with van der Waals surface area (Å²) < 4.78 is 0. The number of nitrogens with one attached hydrogen (secondary N) is 1. The van der Waals surface area contributed by atoms with Crippen molar-refractivity contribution >= 4 is 5.69 Å². The van der Waals surface area contributed by atoms with Gasteiger partial charge in [-0.05, 0) is 37.1 Å².